The van der Waals surface area contributed by atoms with Crippen molar-refractivity contribution in [3.63, 3.8) is 0 Å². The Balaban J connectivity index is 2.35. The van der Waals surface area contributed by atoms with Crippen LogP contribution in [0.15, 0.2) is 29.2 Å². The SMILES string of the molecule is COc1ccc(NS(=O)(=O)c2cc(CN)sc2C)c(C)c1. The van der Waals surface area contributed by atoms with Gasteiger partial charge in [0.1, 0.15) is 10.6 Å². The second kappa shape index (κ2) is 6.05. The van der Waals surface area contributed by atoms with E-state index in [0.717, 1.165) is 15.3 Å². The number of aryl methyl sites for hydroxylation is 2. The first-order chi connectivity index (χ1) is 9.87. The molecule has 0 unspecified atom stereocenters. The molecule has 1 heterocycles. The second-order valence-electron chi connectivity index (χ2n) is 4.62. The zero-order valence-electron chi connectivity index (χ0n) is 12.1. The number of methoxy groups -OCH3 is 1. The summed E-state index contributed by atoms with van der Waals surface area (Å²) in [6, 6.07) is 6.82. The first-order valence-electron chi connectivity index (χ1n) is 6.34. The minimum Gasteiger partial charge on any atom is -0.497 e. The van der Waals surface area contributed by atoms with Crippen LogP contribution in [0.3, 0.4) is 0 Å². The lowest BCUT2D eigenvalue weighted by Gasteiger charge is -2.11. The quantitative estimate of drug-likeness (QED) is 0.885. The average Bonchev–Trinajstić information content (AvgIpc) is 2.83. The van der Waals surface area contributed by atoms with Crippen molar-refractivity contribution in [3.05, 3.63) is 39.6 Å². The van der Waals surface area contributed by atoms with Gasteiger partial charge in [-0.15, -0.1) is 11.3 Å². The number of thiophene rings is 1. The first-order valence-corrected chi connectivity index (χ1v) is 8.64. The summed E-state index contributed by atoms with van der Waals surface area (Å²) in [4.78, 5) is 1.86. The molecule has 21 heavy (non-hydrogen) atoms. The molecule has 0 saturated heterocycles. The summed E-state index contributed by atoms with van der Waals surface area (Å²) in [5.41, 5.74) is 6.90. The zero-order valence-corrected chi connectivity index (χ0v) is 13.8. The topological polar surface area (TPSA) is 81.4 Å². The molecule has 114 valence electrons. The molecule has 0 aliphatic carbocycles. The van der Waals surface area contributed by atoms with Crippen LogP contribution < -0.4 is 15.2 Å². The summed E-state index contributed by atoms with van der Waals surface area (Å²) in [7, 11) is -2.04. The lowest BCUT2D eigenvalue weighted by Crippen LogP contribution is -2.14. The number of nitrogens with one attached hydrogen (secondary N) is 1. The van der Waals surface area contributed by atoms with E-state index in [-0.39, 0.29) is 4.90 Å². The summed E-state index contributed by atoms with van der Waals surface area (Å²) in [5, 5.41) is 0. The third-order valence-corrected chi connectivity index (χ3v) is 5.79. The highest BCUT2D eigenvalue weighted by Crippen LogP contribution is 2.29. The van der Waals surface area contributed by atoms with Crippen molar-refractivity contribution in [1.82, 2.24) is 0 Å². The van der Waals surface area contributed by atoms with Gasteiger partial charge in [-0.05, 0) is 43.7 Å². The van der Waals surface area contributed by atoms with E-state index in [1.807, 2.05) is 6.92 Å². The standard InChI is InChI=1S/C14H18N2O3S2/c1-9-6-11(19-3)4-5-13(9)16-21(17,18)14-7-12(8-15)20-10(14)2/h4-7,16H,8,15H2,1-3H3. The van der Waals surface area contributed by atoms with Crippen LogP contribution >= 0.6 is 11.3 Å². The number of hydrogen-bond donors (Lipinski definition) is 2. The Morgan fingerprint density at radius 1 is 1.29 bits per heavy atom. The monoisotopic (exact) mass is 326 g/mol. The van der Waals surface area contributed by atoms with Crippen molar-refractivity contribution in [2.24, 2.45) is 5.73 Å². The van der Waals surface area contributed by atoms with Gasteiger partial charge < -0.3 is 10.5 Å². The summed E-state index contributed by atoms with van der Waals surface area (Å²) in [5.74, 6) is 0.688. The molecule has 7 heteroatoms. The fourth-order valence-electron chi connectivity index (χ4n) is 1.97. The molecule has 0 aliphatic heterocycles. The van der Waals surface area contributed by atoms with Gasteiger partial charge >= 0.3 is 0 Å². The summed E-state index contributed by atoms with van der Waals surface area (Å²) in [6.07, 6.45) is 0. The average molecular weight is 326 g/mol. The number of nitrogens with two attached hydrogens (primary N) is 1. The fraction of sp³-hybridized carbons (Fsp3) is 0.286. The highest BCUT2D eigenvalue weighted by atomic mass is 32.2. The normalized spacial score (nSPS) is 11.4. The van der Waals surface area contributed by atoms with Gasteiger partial charge in [-0.1, -0.05) is 0 Å². The maximum absolute atomic E-state index is 12.5. The molecule has 0 spiro atoms. The number of hydrogen-bond acceptors (Lipinski definition) is 5. The molecule has 1 aromatic carbocycles. The van der Waals surface area contributed by atoms with Crippen LogP contribution in [-0.2, 0) is 16.6 Å². The van der Waals surface area contributed by atoms with Crippen LogP contribution in [0.1, 0.15) is 15.3 Å². The molecule has 2 aromatic rings. The van der Waals surface area contributed by atoms with Crippen LogP contribution in [0.4, 0.5) is 5.69 Å². The van der Waals surface area contributed by atoms with Gasteiger partial charge in [0.2, 0.25) is 0 Å². The van der Waals surface area contributed by atoms with Crippen molar-refractivity contribution in [2.75, 3.05) is 11.8 Å². The van der Waals surface area contributed by atoms with Crippen LogP contribution in [0.5, 0.6) is 5.75 Å². The molecule has 3 N–H and O–H groups in total. The third-order valence-electron chi connectivity index (χ3n) is 3.09. The number of anilines is 1. The van der Waals surface area contributed by atoms with E-state index in [1.54, 1.807) is 38.3 Å². The van der Waals surface area contributed by atoms with Gasteiger partial charge in [-0.25, -0.2) is 8.42 Å². The molecule has 0 radical (unpaired) electrons. The lowest BCUT2D eigenvalue weighted by molar-refractivity contribution is 0.414. The van der Waals surface area contributed by atoms with Crippen molar-refractivity contribution in [1.29, 1.82) is 0 Å². The van der Waals surface area contributed by atoms with Gasteiger partial charge in [-0.2, -0.15) is 0 Å². The minimum atomic E-state index is -3.61. The Morgan fingerprint density at radius 3 is 2.52 bits per heavy atom. The second-order valence-corrected chi connectivity index (χ2v) is 7.62. The fourth-order valence-corrected chi connectivity index (χ4v) is 4.61. The van der Waals surface area contributed by atoms with Crippen molar-refractivity contribution in [2.45, 2.75) is 25.3 Å². The largest absolute Gasteiger partial charge is 0.497 e. The van der Waals surface area contributed by atoms with Crippen molar-refractivity contribution in [3.8, 4) is 5.75 Å². The molecule has 0 aliphatic rings. The maximum atomic E-state index is 12.5. The van der Waals surface area contributed by atoms with Gasteiger partial charge in [0.05, 0.1) is 12.8 Å². The number of ether oxygens (including phenoxy) is 1. The minimum absolute atomic E-state index is 0.281. The summed E-state index contributed by atoms with van der Waals surface area (Å²) < 4.78 is 32.7. The van der Waals surface area contributed by atoms with E-state index in [0.29, 0.717) is 18.0 Å². The maximum Gasteiger partial charge on any atom is 0.263 e. The van der Waals surface area contributed by atoms with Crippen LogP contribution in [-0.4, -0.2) is 15.5 Å². The molecular weight excluding hydrogens is 308 g/mol. The highest BCUT2D eigenvalue weighted by molar-refractivity contribution is 7.93. The van der Waals surface area contributed by atoms with E-state index in [4.69, 9.17) is 10.5 Å². The Morgan fingerprint density at radius 2 is 2.00 bits per heavy atom. The molecule has 0 saturated carbocycles. The molecule has 5 nitrogen and oxygen atoms in total. The Kier molecular flexibility index (Phi) is 4.55. The number of sulfonamides is 1. The Labute approximate surface area is 128 Å². The molecule has 1 aromatic heterocycles. The van der Waals surface area contributed by atoms with Crippen molar-refractivity contribution < 1.29 is 13.2 Å². The number of rotatable bonds is 5. The van der Waals surface area contributed by atoms with Crippen LogP contribution in [0.25, 0.3) is 0 Å². The molecular formula is C14H18N2O3S2. The van der Waals surface area contributed by atoms with Crippen LogP contribution in [0.2, 0.25) is 0 Å². The Bertz CT molecular complexity index is 752. The predicted molar refractivity (Wildman–Crippen MR) is 85.5 cm³/mol. The van der Waals surface area contributed by atoms with E-state index in [1.165, 1.54) is 11.3 Å². The van der Waals surface area contributed by atoms with Gasteiger partial charge in [-0.3, -0.25) is 4.72 Å². The van der Waals surface area contributed by atoms with Gasteiger partial charge in [0.15, 0.2) is 0 Å². The van der Waals surface area contributed by atoms with Crippen molar-refractivity contribution >= 4 is 27.0 Å². The van der Waals surface area contributed by atoms with Crippen LogP contribution in [0, 0.1) is 13.8 Å². The third kappa shape index (κ3) is 3.37. The molecule has 0 atom stereocenters. The van der Waals surface area contributed by atoms with E-state index < -0.39 is 10.0 Å². The van der Waals surface area contributed by atoms with E-state index >= 15 is 0 Å². The molecule has 0 bridgehead atoms. The predicted octanol–water partition coefficient (Wildman–Crippen LogP) is 2.63. The first kappa shape index (κ1) is 15.8. The van der Waals surface area contributed by atoms with E-state index in [2.05, 4.69) is 4.72 Å². The Hall–Kier alpha value is -1.57. The lowest BCUT2D eigenvalue weighted by atomic mass is 10.2. The zero-order chi connectivity index (χ0) is 15.6. The molecule has 2 rings (SSSR count). The number of benzene rings is 1. The van der Waals surface area contributed by atoms with Gasteiger partial charge in [0.25, 0.3) is 10.0 Å². The van der Waals surface area contributed by atoms with Gasteiger partial charge in [0, 0.05) is 16.3 Å². The smallest absolute Gasteiger partial charge is 0.263 e. The summed E-state index contributed by atoms with van der Waals surface area (Å²) >= 11 is 1.40. The highest BCUT2D eigenvalue weighted by Gasteiger charge is 2.20. The molecule has 0 amide bonds. The molecule has 0 fully saturated rings. The van der Waals surface area contributed by atoms with E-state index in [9.17, 15) is 8.42 Å². The summed E-state index contributed by atoms with van der Waals surface area (Å²) in [6.45, 7) is 3.94.